The largest absolute Gasteiger partial charge is 0.472 e. The molecule has 19 heavy (non-hydrogen) atoms. The molecule has 3 atom stereocenters. The van der Waals surface area contributed by atoms with E-state index in [-0.39, 0.29) is 6.54 Å². The molecule has 1 heterocycles. The maximum Gasteiger partial charge on any atom is 0.472 e. The van der Waals surface area contributed by atoms with Crippen molar-refractivity contribution in [3.63, 3.8) is 0 Å². The van der Waals surface area contributed by atoms with Crippen molar-refractivity contribution in [1.29, 1.82) is 0 Å². The van der Waals surface area contributed by atoms with Crippen LogP contribution < -0.4 is 5.73 Å². The van der Waals surface area contributed by atoms with Crippen LogP contribution in [0.3, 0.4) is 0 Å². The van der Waals surface area contributed by atoms with Gasteiger partial charge in [-0.3, -0.25) is 9.05 Å². The van der Waals surface area contributed by atoms with Gasteiger partial charge in [0.2, 0.25) is 0 Å². The second-order valence-electron chi connectivity index (χ2n) is 3.51. The summed E-state index contributed by atoms with van der Waals surface area (Å²) in [4.78, 5) is 10.2. The molecule has 0 bridgehead atoms. The minimum absolute atomic E-state index is 0.0176. The van der Waals surface area contributed by atoms with Gasteiger partial charge in [-0.2, -0.15) is 0 Å². The third-order valence-corrected chi connectivity index (χ3v) is 5.12. The van der Waals surface area contributed by atoms with Crippen LogP contribution in [0.4, 0.5) is 0 Å². The number of aliphatic hydroxyl groups excluding tert-OH is 2. The summed E-state index contributed by atoms with van der Waals surface area (Å²) in [5.74, 6) is 0. The van der Waals surface area contributed by atoms with Gasteiger partial charge < -0.3 is 20.8 Å². The molecular weight excluding hydrogens is 313 g/mol. The predicted octanol–water partition coefficient (Wildman–Crippen LogP) is 0.593. The van der Waals surface area contributed by atoms with Crippen molar-refractivity contribution in [2.45, 2.75) is 12.2 Å². The SMILES string of the molecule is NCC(OP(=O)(O)OC[C@H](O)CO)C1=CC=CSS1. The van der Waals surface area contributed by atoms with Gasteiger partial charge in [0.25, 0.3) is 0 Å². The third-order valence-electron chi connectivity index (χ3n) is 1.97. The molecule has 0 aromatic heterocycles. The van der Waals surface area contributed by atoms with Gasteiger partial charge in [-0.1, -0.05) is 27.7 Å². The van der Waals surface area contributed by atoms with Crippen LogP contribution in [0.15, 0.2) is 22.5 Å². The highest BCUT2D eigenvalue weighted by Gasteiger charge is 2.29. The summed E-state index contributed by atoms with van der Waals surface area (Å²) in [5, 5.41) is 19.5. The van der Waals surface area contributed by atoms with Crippen molar-refractivity contribution >= 4 is 29.4 Å². The third kappa shape index (κ3) is 6.44. The zero-order valence-electron chi connectivity index (χ0n) is 9.92. The lowest BCUT2D eigenvalue weighted by atomic mass is 10.3. The normalized spacial score (nSPS) is 21.6. The summed E-state index contributed by atoms with van der Waals surface area (Å²) < 4.78 is 21.2. The average molecular weight is 329 g/mol. The van der Waals surface area contributed by atoms with Gasteiger partial charge in [0.1, 0.15) is 12.2 Å². The maximum absolute atomic E-state index is 11.6. The molecule has 0 aromatic rings. The molecular formula is C9H16NO6PS2. The van der Waals surface area contributed by atoms with Crippen LogP contribution in [-0.2, 0) is 13.6 Å². The number of hydrogen-bond donors (Lipinski definition) is 4. The maximum atomic E-state index is 11.6. The summed E-state index contributed by atoms with van der Waals surface area (Å²) in [7, 11) is -1.52. The van der Waals surface area contributed by atoms with E-state index in [4.69, 9.17) is 20.5 Å². The first-order valence-corrected chi connectivity index (χ1v) is 9.04. The van der Waals surface area contributed by atoms with E-state index >= 15 is 0 Å². The molecule has 5 N–H and O–H groups in total. The van der Waals surface area contributed by atoms with E-state index in [1.165, 1.54) is 21.6 Å². The highest BCUT2D eigenvalue weighted by atomic mass is 33.1. The van der Waals surface area contributed by atoms with Crippen molar-refractivity contribution in [2.24, 2.45) is 5.73 Å². The minimum atomic E-state index is -4.34. The first-order valence-electron chi connectivity index (χ1n) is 5.33. The topological polar surface area (TPSA) is 122 Å². The van der Waals surface area contributed by atoms with Crippen LogP contribution in [0.25, 0.3) is 0 Å². The molecule has 10 heteroatoms. The molecule has 0 saturated carbocycles. The molecule has 1 rings (SSSR count). The fraction of sp³-hybridized carbons (Fsp3) is 0.556. The molecule has 1 aliphatic rings. The van der Waals surface area contributed by atoms with Gasteiger partial charge in [-0.25, -0.2) is 4.57 Å². The van der Waals surface area contributed by atoms with Gasteiger partial charge in [-0.15, -0.1) is 0 Å². The number of hydrogen-bond acceptors (Lipinski definition) is 8. The van der Waals surface area contributed by atoms with Crippen LogP contribution in [0.1, 0.15) is 0 Å². The fourth-order valence-corrected chi connectivity index (χ4v) is 3.96. The summed E-state index contributed by atoms with van der Waals surface area (Å²) in [6.07, 6.45) is 1.52. The molecule has 1 aliphatic heterocycles. The molecule has 0 aromatic carbocycles. The molecule has 7 nitrogen and oxygen atoms in total. The van der Waals surface area contributed by atoms with Crippen LogP contribution in [-0.4, -0.2) is 47.1 Å². The van der Waals surface area contributed by atoms with Gasteiger partial charge >= 0.3 is 7.82 Å². The van der Waals surface area contributed by atoms with Crippen molar-refractivity contribution < 1.29 is 28.7 Å². The van der Waals surface area contributed by atoms with Crippen molar-refractivity contribution in [3.8, 4) is 0 Å². The molecule has 0 saturated heterocycles. The second kappa shape index (κ2) is 8.46. The van der Waals surface area contributed by atoms with E-state index in [9.17, 15) is 9.46 Å². The Kier molecular flexibility index (Phi) is 7.66. The lowest BCUT2D eigenvalue weighted by Crippen LogP contribution is -2.25. The standard InChI is InChI=1S/C9H16NO6PS2/c10-4-8(9-2-1-3-18-19-9)16-17(13,14)15-6-7(12)5-11/h1-3,7-8,11-12H,4-6,10H2,(H,13,14)/t7-,8?/m1/s1. The number of allylic oxidation sites excluding steroid dienone is 2. The van der Waals surface area contributed by atoms with Gasteiger partial charge in [-0.05, 0) is 11.5 Å². The summed E-state index contributed by atoms with van der Waals surface area (Å²) in [6, 6.07) is 0. The summed E-state index contributed by atoms with van der Waals surface area (Å²) in [6.45, 7) is -1.05. The Bertz CT molecular complexity index is 391. The van der Waals surface area contributed by atoms with Crippen molar-refractivity contribution in [1.82, 2.24) is 0 Å². The Morgan fingerprint density at radius 3 is 2.79 bits per heavy atom. The Morgan fingerprint density at radius 1 is 1.53 bits per heavy atom. The van der Waals surface area contributed by atoms with Gasteiger partial charge in [0.15, 0.2) is 0 Å². The van der Waals surface area contributed by atoms with E-state index in [1.54, 1.807) is 12.2 Å². The number of phosphoric acid groups is 1. The summed E-state index contributed by atoms with van der Waals surface area (Å²) >= 11 is 0. The fourth-order valence-electron chi connectivity index (χ4n) is 1.07. The Morgan fingerprint density at radius 2 is 2.26 bits per heavy atom. The van der Waals surface area contributed by atoms with Crippen LogP contribution in [0.2, 0.25) is 0 Å². The molecule has 0 spiro atoms. The van der Waals surface area contributed by atoms with E-state index in [2.05, 4.69) is 4.52 Å². The smallest absolute Gasteiger partial charge is 0.394 e. The van der Waals surface area contributed by atoms with Crippen LogP contribution in [0.5, 0.6) is 0 Å². The molecule has 0 amide bonds. The highest BCUT2D eigenvalue weighted by molar-refractivity contribution is 8.79. The average Bonchev–Trinajstić information content (AvgIpc) is 2.43. The lowest BCUT2D eigenvalue weighted by molar-refractivity contribution is 0.0328. The zero-order chi connectivity index (χ0) is 14.3. The van der Waals surface area contributed by atoms with Gasteiger partial charge in [0, 0.05) is 11.4 Å². The Labute approximate surface area is 118 Å². The predicted molar refractivity (Wildman–Crippen MR) is 75.2 cm³/mol. The molecule has 110 valence electrons. The quantitative estimate of drug-likeness (QED) is 0.374. The number of rotatable bonds is 8. The Hall–Kier alpha value is 0.170. The molecule has 2 unspecified atom stereocenters. The molecule has 0 aliphatic carbocycles. The van der Waals surface area contributed by atoms with E-state index in [0.717, 1.165) is 0 Å². The number of nitrogens with two attached hydrogens (primary N) is 1. The first kappa shape index (κ1) is 17.2. The second-order valence-corrected chi connectivity index (χ2v) is 7.09. The van der Waals surface area contributed by atoms with E-state index in [1.807, 2.05) is 5.41 Å². The summed E-state index contributed by atoms with van der Waals surface area (Å²) in [5.41, 5.74) is 5.50. The number of aliphatic hydroxyl groups is 2. The Balaban J connectivity index is 2.56. The first-order chi connectivity index (χ1) is 8.98. The van der Waals surface area contributed by atoms with E-state index in [0.29, 0.717) is 4.91 Å². The van der Waals surface area contributed by atoms with Crippen molar-refractivity contribution in [3.05, 3.63) is 22.5 Å². The lowest BCUT2D eigenvalue weighted by Gasteiger charge is -2.22. The monoisotopic (exact) mass is 329 g/mol. The molecule has 0 radical (unpaired) electrons. The van der Waals surface area contributed by atoms with Crippen molar-refractivity contribution in [2.75, 3.05) is 19.8 Å². The highest BCUT2D eigenvalue weighted by Crippen LogP contribution is 2.48. The van der Waals surface area contributed by atoms with Gasteiger partial charge in [0.05, 0.1) is 13.2 Å². The van der Waals surface area contributed by atoms with Crippen LogP contribution in [0, 0.1) is 0 Å². The van der Waals surface area contributed by atoms with Crippen LogP contribution >= 0.6 is 29.4 Å². The zero-order valence-corrected chi connectivity index (χ0v) is 12.4. The van der Waals surface area contributed by atoms with E-state index < -0.39 is 33.2 Å². The minimum Gasteiger partial charge on any atom is -0.394 e. The molecule has 0 fully saturated rings. The number of phosphoric ester groups is 1.